The van der Waals surface area contributed by atoms with Crippen LogP contribution >= 0.6 is 15.9 Å². The van der Waals surface area contributed by atoms with Gasteiger partial charge in [-0.2, -0.15) is 0 Å². The summed E-state index contributed by atoms with van der Waals surface area (Å²) in [5.41, 5.74) is 3.92. The van der Waals surface area contributed by atoms with E-state index in [0.29, 0.717) is 0 Å². The monoisotopic (exact) mass is 491 g/mol. The highest BCUT2D eigenvalue weighted by atomic mass is 79.9. The van der Waals surface area contributed by atoms with Crippen molar-refractivity contribution in [1.29, 1.82) is 0 Å². The summed E-state index contributed by atoms with van der Waals surface area (Å²) in [6.07, 6.45) is 0.203. The number of carbonyl (C=O) groups is 2. The first-order valence-electron chi connectivity index (χ1n) is 10.6. The average Bonchev–Trinajstić information content (AvgIpc) is 2.78. The summed E-state index contributed by atoms with van der Waals surface area (Å²) < 4.78 is 0.925. The molecule has 3 unspecified atom stereocenters. The quantitative estimate of drug-likeness (QED) is 0.570. The van der Waals surface area contributed by atoms with Crippen LogP contribution in [0.1, 0.15) is 56.8 Å². The second-order valence-electron chi connectivity index (χ2n) is 7.55. The molecule has 6 heteroatoms. The number of hydrogen-bond acceptors (Lipinski definition) is 4. The smallest absolute Gasteiger partial charge is 0.254 e. The van der Waals surface area contributed by atoms with Crippen LogP contribution in [0.2, 0.25) is 0 Å². The predicted molar refractivity (Wildman–Crippen MR) is 128 cm³/mol. The number of ketones is 1. The normalized spacial score (nSPS) is 13.4. The molecule has 1 amide bonds. The average molecular weight is 492 g/mol. The third-order valence-corrected chi connectivity index (χ3v) is 5.80. The lowest BCUT2D eigenvalue weighted by Gasteiger charge is -2.28. The summed E-state index contributed by atoms with van der Waals surface area (Å²) >= 11 is 3.33. The SMILES string of the molecule is CC(=O)C(O)C(O)C(=O)N(C)C(C)c1ccc(Br)cc1.CCCc1ccccc1CC. The summed E-state index contributed by atoms with van der Waals surface area (Å²) in [5.74, 6) is -1.33. The fourth-order valence-electron chi connectivity index (χ4n) is 3.14. The van der Waals surface area contributed by atoms with E-state index in [4.69, 9.17) is 0 Å². The van der Waals surface area contributed by atoms with Gasteiger partial charge < -0.3 is 15.1 Å². The van der Waals surface area contributed by atoms with E-state index in [0.717, 1.165) is 23.4 Å². The Morgan fingerprint density at radius 1 is 0.968 bits per heavy atom. The van der Waals surface area contributed by atoms with Crippen molar-refractivity contribution in [3.63, 3.8) is 0 Å². The van der Waals surface area contributed by atoms with Gasteiger partial charge in [-0.3, -0.25) is 9.59 Å². The van der Waals surface area contributed by atoms with Gasteiger partial charge in [-0.15, -0.1) is 0 Å². The number of aliphatic hydroxyl groups excluding tert-OH is 2. The summed E-state index contributed by atoms with van der Waals surface area (Å²) in [6, 6.07) is 15.8. The number of likely N-dealkylation sites (N-methyl/N-ethyl adjacent to an activating group) is 1. The van der Waals surface area contributed by atoms with Gasteiger partial charge in [0.05, 0.1) is 6.04 Å². The summed E-state index contributed by atoms with van der Waals surface area (Å²) in [6.45, 7) is 7.37. The zero-order valence-electron chi connectivity index (χ0n) is 19.0. The van der Waals surface area contributed by atoms with Gasteiger partial charge >= 0.3 is 0 Å². The molecular weight excluding hydrogens is 458 g/mol. The van der Waals surface area contributed by atoms with Crippen molar-refractivity contribution in [1.82, 2.24) is 4.90 Å². The van der Waals surface area contributed by atoms with E-state index in [1.807, 2.05) is 24.3 Å². The molecule has 0 bridgehead atoms. The lowest BCUT2D eigenvalue weighted by molar-refractivity contribution is -0.152. The third-order valence-electron chi connectivity index (χ3n) is 5.27. The lowest BCUT2D eigenvalue weighted by atomic mass is 10.0. The minimum Gasteiger partial charge on any atom is -0.382 e. The molecule has 0 aliphatic rings. The molecule has 0 aliphatic carbocycles. The number of halogens is 1. The van der Waals surface area contributed by atoms with Crippen molar-refractivity contribution in [3.8, 4) is 0 Å². The Balaban J connectivity index is 0.000000367. The van der Waals surface area contributed by atoms with Crippen LogP contribution in [-0.4, -0.2) is 46.1 Å². The summed E-state index contributed by atoms with van der Waals surface area (Å²) in [4.78, 5) is 24.3. The van der Waals surface area contributed by atoms with E-state index in [1.54, 1.807) is 6.92 Å². The number of benzene rings is 2. The molecular formula is C25H34BrNO4. The number of rotatable bonds is 8. The molecule has 2 aromatic carbocycles. The third kappa shape index (κ3) is 8.20. The van der Waals surface area contributed by atoms with Crippen LogP contribution in [0.5, 0.6) is 0 Å². The highest BCUT2D eigenvalue weighted by Gasteiger charge is 2.31. The minimum absolute atomic E-state index is 0.288. The van der Waals surface area contributed by atoms with Crippen LogP contribution in [0.25, 0.3) is 0 Å². The van der Waals surface area contributed by atoms with E-state index in [1.165, 1.54) is 35.9 Å². The number of Topliss-reactive ketones (excluding diaryl/α,β-unsaturated/α-hetero) is 1. The van der Waals surface area contributed by atoms with Gasteiger partial charge in [-0.25, -0.2) is 0 Å². The first kappa shape index (κ1) is 27.0. The summed E-state index contributed by atoms with van der Waals surface area (Å²) in [5, 5.41) is 19.1. The molecule has 0 aliphatic heterocycles. The van der Waals surface area contributed by atoms with Crippen molar-refractivity contribution in [2.45, 2.75) is 65.2 Å². The van der Waals surface area contributed by atoms with Gasteiger partial charge in [0, 0.05) is 11.5 Å². The fraction of sp³-hybridized carbons (Fsp3) is 0.440. The van der Waals surface area contributed by atoms with Gasteiger partial charge in [0.25, 0.3) is 5.91 Å². The molecule has 2 aromatic rings. The standard InChI is InChI=1S/C14H18BrNO4.C11H16/c1-8(10-4-6-11(15)7-5-10)16(3)14(20)13(19)12(18)9(2)17;1-3-7-11-9-6-5-8-10(11)4-2/h4-8,12-13,18-19H,1-3H3;5-6,8-9H,3-4,7H2,1-2H3. The molecule has 0 heterocycles. The molecule has 0 spiro atoms. The molecule has 0 aromatic heterocycles. The Hall–Kier alpha value is -2.02. The Kier molecular flexibility index (Phi) is 11.7. The van der Waals surface area contributed by atoms with E-state index >= 15 is 0 Å². The van der Waals surface area contributed by atoms with Gasteiger partial charge in [-0.1, -0.05) is 72.6 Å². The number of aryl methyl sites for hydroxylation is 2. The summed E-state index contributed by atoms with van der Waals surface area (Å²) in [7, 11) is 1.52. The van der Waals surface area contributed by atoms with Crippen LogP contribution in [0.3, 0.4) is 0 Å². The zero-order valence-corrected chi connectivity index (χ0v) is 20.6. The first-order chi connectivity index (χ1) is 14.6. The molecule has 0 fully saturated rings. The van der Waals surface area contributed by atoms with Crippen LogP contribution in [0, 0.1) is 0 Å². The van der Waals surface area contributed by atoms with Crippen molar-refractivity contribution in [2.75, 3.05) is 7.05 Å². The maximum atomic E-state index is 12.0. The molecule has 2 rings (SSSR count). The van der Waals surface area contributed by atoms with Crippen LogP contribution < -0.4 is 0 Å². The molecule has 2 N–H and O–H groups in total. The van der Waals surface area contributed by atoms with E-state index in [9.17, 15) is 19.8 Å². The number of nitrogens with zero attached hydrogens (tertiary/aromatic N) is 1. The Labute approximate surface area is 194 Å². The number of aliphatic hydroxyl groups is 2. The Bertz CT molecular complexity index is 838. The van der Waals surface area contributed by atoms with Gasteiger partial charge in [0.1, 0.15) is 6.10 Å². The van der Waals surface area contributed by atoms with Crippen molar-refractivity contribution in [3.05, 3.63) is 69.7 Å². The van der Waals surface area contributed by atoms with E-state index < -0.39 is 23.9 Å². The largest absolute Gasteiger partial charge is 0.382 e. The Morgan fingerprint density at radius 3 is 2.00 bits per heavy atom. The minimum atomic E-state index is -1.74. The molecule has 0 saturated heterocycles. The highest BCUT2D eigenvalue weighted by Crippen LogP contribution is 2.22. The zero-order chi connectivity index (χ0) is 23.6. The number of carbonyl (C=O) groups excluding carboxylic acids is 2. The Morgan fingerprint density at radius 2 is 1.52 bits per heavy atom. The number of hydrogen-bond donors (Lipinski definition) is 2. The molecule has 170 valence electrons. The van der Waals surface area contributed by atoms with Crippen molar-refractivity contribution >= 4 is 27.6 Å². The molecule has 3 atom stereocenters. The maximum absolute atomic E-state index is 12.0. The van der Waals surface area contributed by atoms with Crippen LogP contribution in [0.15, 0.2) is 53.0 Å². The maximum Gasteiger partial charge on any atom is 0.254 e. The topological polar surface area (TPSA) is 77.8 Å². The van der Waals surface area contributed by atoms with Crippen LogP contribution in [-0.2, 0) is 22.4 Å². The molecule has 5 nitrogen and oxygen atoms in total. The molecule has 0 radical (unpaired) electrons. The first-order valence-corrected chi connectivity index (χ1v) is 11.4. The van der Waals surface area contributed by atoms with Gasteiger partial charge in [0.15, 0.2) is 11.9 Å². The second-order valence-corrected chi connectivity index (χ2v) is 8.46. The van der Waals surface area contributed by atoms with Gasteiger partial charge in [-0.05, 0) is 55.5 Å². The van der Waals surface area contributed by atoms with E-state index in [2.05, 4.69) is 54.0 Å². The molecule has 0 saturated carbocycles. The van der Waals surface area contributed by atoms with E-state index in [-0.39, 0.29) is 6.04 Å². The van der Waals surface area contributed by atoms with Crippen molar-refractivity contribution in [2.24, 2.45) is 0 Å². The van der Waals surface area contributed by atoms with Crippen LogP contribution in [0.4, 0.5) is 0 Å². The highest BCUT2D eigenvalue weighted by molar-refractivity contribution is 9.10. The number of amides is 1. The fourth-order valence-corrected chi connectivity index (χ4v) is 3.40. The van der Waals surface area contributed by atoms with Crippen molar-refractivity contribution < 1.29 is 19.8 Å². The lowest BCUT2D eigenvalue weighted by Crippen LogP contribution is -2.46. The second kappa shape index (κ2) is 13.4. The molecule has 31 heavy (non-hydrogen) atoms. The van der Waals surface area contributed by atoms with Gasteiger partial charge in [0.2, 0.25) is 0 Å². The predicted octanol–water partition coefficient (Wildman–Crippen LogP) is 4.48.